The van der Waals surface area contributed by atoms with Crippen molar-refractivity contribution in [2.24, 2.45) is 5.92 Å². The highest BCUT2D eigenvalue weighted by Gasteiger charge is 2.25. The Labute approximate surface area is 152 Å². The molecule has 1 amide bonds. The molecule has 1 aromatic rings. The van der Waals surface area contributed by atoms with Crippen molar-refractivity contribution in [1.29, 1.82) is 0 Å². The minimum Gasteiger partial charge on any atom is -0.465 e. The van der Waals surface area contributed by atoms with Crippen LogP contribution in [-0.2, 0) is 14.3 Å². The van der Waals surface area contributed by atoms with Crippen molar-refractivity contribution in [3.05, 3.63) is 26.1 Å². The maximum absolute atomic E-state index is 12.3. The Hall–Kier alpha value is -0.920. The first-order valence-electron chi connectivity index (χ1n) is 7.34. The topological polar surface area (TPSA) is 64.6 Å². The maximum atomic E-state index is 12.3. The van der Waals surface area contributed by atoms with E-state index in [2.05, 4.69) is 37.2 Å². The molecule has 2 rings (SSSR count). The SMILES string of the molecule is COC(=O)c1c(Br)cc(Br)c(NC(=O)[C@@H](C)OCC2CC2)c1C. The second-order valence-corrected chi connectivity index (χ2v) is 7.32. The van der Waals surface area contributed by atoms with Crippen molar-refractivity contribution in [3.8, 4) is 0 Å². The fourth-order valence-corrected chi connectivity index (χ4v) is 3.73. The van der Waals surface area contributed by atoms with E-state index < -0.39 is 12.1 Å². The Balaban J connectivity index is 2.17. The van der Waals surface area contributed by atoms with Gasteiger partial charge in [-0.2, -0.15) is 0 Å². The Kier molecular flexibility index (Phi) is 6.22. The van der Waals surface area contributed by atoms with E-state index in [4.69, 9.17) is 9.47 Å². The zero-order chi connectivity index (χ0) is 17.1. The van der Waals surface area contributed by atoms with E-state index in [1.807, 2.05) is 0 Å². The standard InChI is InChI=1S/C16H19Br2NO4/c1-8-13(16(21)22-3)11(17)6-12(18)14(8)19-15(20)9(2)23-7-10-4-5-10/h6,9-10H,4-5,7H2,1-3H3,(H,19,20)/t9-/m1/s1. The largest absolute Gasteiger partial charge is 0.465 e. The number of halogens is 2. The zero-order valence-electron chi connectivity index (χ0n) is 13.2. The summed E-state index contributed by atoms with van der Waals surface area (Å²) in [5, 5.41) is 2.83. The lowest BCUT2D eigenvalue weighted by atomic mass is 10.1. The number of carbonyl (C=O) groups excluding carboxylic acids is 2. The number of methoxy groups -OCH3 is 1. The van der Waals surface area contributed by atoms with E-state index in [0.29, 0.717) is 38.3 Å². The third kappa shape index (κ3) is 4.55. The number of hydrogen-bond acceptors (Lipinski definition) is 4. The van der Waals surface area contributed by atoms with Crippen molar-refractivity contribution in [1.82, 2.24) is 0 Å². The molecule has 7 heteroatoms. The Morgan fingerprint density at radius 1 is 1.35 bits per heavy atom. The van der Waals surface area contributed by atoms with Crippen molar-refractivity contribution >= 4 is 49.4 Å². The Morgan fingerprint density at radius 2 is 2.00 bits per heavy atom. The van der Waals surface area contributed by atoms with Crippen LogP contribution in [0, 0.1) is 12.8 Å². The van der Waals surface area contributed by atoms with Gasteiger partial charge < -0.3 is 14.8 Å². The van der Waals surface area contributed by atoms with E-state index in [1.165, 1.54) is 20.0 Å². The van der Waals surface area contributed by atoms with Gasteiger partial charge in [0.15, 0.2) is 0 Å². The number of amides is 1. The average Bonchev–Trinajstić information content (AvgIpc) is 3.32. The fourth-order valence-electron chi connectivity index (χ4n) is 2.11. The van der Waals surface area contributed by atoms with Gasteiger partial charge in [-0.15, -0.1) is 0 Å². The molecule has 1 aliphatic rings. The lowest BCUT2D eigenvalue weighted by Crippen LogP contribution is -2.29. The molecular weight excluding hydrogens is 430 g/mol. The van der Waals surface area contributed by atoms with Gasteiger partial charge in [-0.3, -0.25) is 4.79 Å². The highest BCUT2D eigenvalue weighted by Crippen LogP contribution is 2.35. The number of hydrogen-bond donors (Lipinski definition) is 1. The summed E-state index contributed by atoms with van der Waals surface area (Å²) in [6.07, 6.45) is 1.80. The van der Waals surface area contributed by atoms with Crippen LogP contribution in [0.3, 0.4) is 0 Å². The second-order valence-electron chi connectivity index (χ2n) is 5.61. The number of benzene rings is 1. The summed E-state index contributed by atoms with van der Waals surface area (Å²) in [5.41, 5.74) is 1.55. The van der Waals surface area contributed by atoms with Crippen molar-refractivity contribution in [2.45, 2.75) is 32.8 Å². The third-order valence-corrected chi connectivity index (χ3v) is 5.02. The van der Waals surface area contributed by atoms with E-state index in [-0.39, 0.29) is 5.91 Å². The molecule has 0 bridgehead atoms. The first kappa shape index (κ1) is 18.4. The van der Waals surface area contributed by atoms with Crippen LogP contribution in [0.1, 0.15) is 35.7 Å². The van der Waals surface area contributed by atoms with Gasteiger partial charge in [0.2, 0.25) is 0 Å². The summed E-state index contributed by atoms with van der Waals surface area (Å²) in [5.74, 6) is -0.111. The van der Waals surface area contributed by atoms with Crippen molar-refractivity contribution < 1.29 is 19.1 Å². The molecule has 1 saturated carbocycles. The van der Waals surface area contributed by atoms with Gasteiger partial charge in [0.25, 0.3) is 5.91 Å². The second kappa shape index (κ2) is 7.77. The van der Waals surface area contributed by atoms with Crippen LogP contribution in [0.2, 0.25) is 0 Å². The molecular formula is C16H19Br2NO4. The highest BCUT2D eigenvalue weighted by atomic mass is 79.9. The minimum atomic E-state index is -0.549. The lowest BCUT2D eigenvalue weighted by Gasteiger charge is -2.18. The molecule has 1 N–H and O–H groups in total. The van der Waals surface area contributed by atoms with E-state index in [0.717, 1.165) is 0 Å². The van der Waals surface area contributed by atoms with Gasteiger partial charge in [-0.1, -0.05) is 0 Å². The van der Waals surface area contributed by atoms with Crippen LogP contribution < -0.4 is 5.32 Å². The molecule has 0 saturated heterocycles. The highest BCUT2D eigenvalue weighted by molar-refractivity contribution is 9.11. The van der Waals surface area contributed by atoms with E-state index >= 15 is 0 Å². The number of esters is 1. The van der Waals surface area contributed by atoms with Gasteiger partial charge in [-0.05, 0) is 76.1 Å². The Bertz CT molecular complexity index is 629. The predicted molar refractivity (Wildman–Crippen MR) is 94.7 cm³/mol. The van der Waals surface area contributed by atoms with Crippen LogP contribution in [0.25, 0.3) is 0 Å². The van der Waals surface area contributed by atoms with Crippen LogP contribution >= 0.6 is 31.9 Å². The summed E-state index contributed by atoms with van der Waals surface area (Å²) >= 11 is 6.76. The first-order valence-corrected chi connectivity index (χ1v) is 8.93. The zero-order valence-corrected chi connectivity index (χ0v) is 16.4. The van der Waals surface area contributed by atoms with Crippen LogP contribution in [0.5, 0.6) is 0 Å². The molecule has 126 valence electrons. The molecule has 1 atom stereocenters. The normalized spacial score (nSPS) is 15.2. The van der Waals surface area contributed by atoms with Gasteiger partial charge in [0, 0.05) is 8.95 Å². The summed E-state index contributed by atoms with van der Waals surface area (Å²) < 4.78 is 11.6. The minimum absolute atomic E-state index is 0.243. The lowest BCUT2D eigenvalue weighted by molar-refractivity contribution is -0.126. The molecule has 5 nitrogen and oxygen atoms in total. The smallest absolute Gasteiger partial charge is 0.339 e. The average molecular weight is 449 g/mol. The molecule has 1 aromatic carbocycles. The van der Waals surface area contributed by atoms with Gasteiger partial charge >= 0.3 is 5.97 Å². The van der Waals surface area contributed by atoms with Crippen LogP contribution in [-0.4, -0.2) is 31.7 Å². The number of rotatable bonds is 6. The fraction of sp³-hybridized carbons (Fsp3) is 0.500. The first-order chi connectivity index (χ1) is 10.8. The maximum Gasteiger partial charge on any atom is 0.339 e. The Morgan fingerprint density at radius 3 is 2.57 bits per heavy atom. The van der Waals surface area contributed by atoms with Crippen molar-refractivity contribution in [2.75, 3.05) is 19.0 Å². The predicted octanol–water partition coefficient (Wildman–Crippen LogP) is 4.06. The van der Waals surface area contributed by atoms with Gasteiger partial charge in [0.05, 0.1) is 25.0 Å². The number of anilines is 1. The summed E-state index contributed by atoms with van der Waals surface area (Å²) in [6, 6.07) is 1.71. The van der Waals surface area contributed by atoms with E-state index in [9.17, 15) is 9.59 Å². The number of nitrogens with one attached hydrogen (secondary N) is 1. The molecule has 0 aliphatic heterocycles. The molecule has 1 aliphatic carbocycles. The molecule has 0 aromatic heterocycles. The number of ether oxygens (including phenoxy) is 2. The van der Waals surface area contributed by atoms with Gasteiger partial charge in [-0.25, -0.2) is 4.79 Å². The van der Waals surface area contributed by atoms with E-state index in [1.54, 1.807) is 19.9 Å². The summed E-state index contributed by atoms with van der Waals surface area (Å²) in [7, 11) is 1.32. The molecule has 0 radical (unpaired) electrons. The van der Waals surface area contributed by atoms with Gasteiger partial charge in [0.1, 0.15) is 6.10 Å². The molecule has 0 heterocycles. The van der Waals surface area contributed by atoms with Crippen LogP contribution in [0.15, 0.2) is 15.0 Å². The molecule has 0 unspecified atom stereocenters. The summed E-state index contributed by atoms with van der Waals surface area (Å²) in [4.78, 5) is 24.2. The quantitative estimate of drug-likeness (QED) is 0.666. The monoisotopic (exact) mass is 447 g/mol. The molecule has 1 fully saturated rings. The summed E-state index contributed by atoms with van der Waals surface area (Å²) in [6.45, 7) is 4.09. The number of carbonyl (C=O) groups is 2. The van der Waals surface area contributed by atoms with Crippen molar-refractivity contribution in [3.63, 3.8) is 0 Å². The third-order valence-electron chi connectivity index (χ3n) is 3.77. The molecule has 23 heavy (non-hydrogen) atoms. The van der Waals surface area contributed by atoms with Crippen LogP contribution in [0.4, 0.5) is 5.69 Å². The molecule has 0 spiro atoms.